The number of aromatic hydroxyl groups is 1. The topological polar surface area (TPSA) is 57.5 Å². The van der Waals surface area contributed by atoms with Crippen LogP contribution in [0.15, 0.2) is 42.7 Å². The van der Waals surface area contributed by atoms with E-state index in [0.717, 1.165) is 44.7 Å². The highest BCUT2D eigenvalue weighted by molar-refractivity contribution is 5.97. The number of likely N-dealkylation sites (tertiary alicyclic amines) is 1. The summed E-state index contributed by atoms with van der Waals surface area (Å²) < 4.78 is 1.94. The summed E-state index contributed by atoms with van der Waals surface area (Å²) >= 11 is 0. The standard InChI is InChI=1S/C19H23N3O2/c23-17-5-4-15(21-9-1-2-10-21)12-16(17)18(24)22-11-3-6-19(14-22)7-8-20-13-19/h1-2,4-5,9-10,12,20,23H,3,6-8,11,13-14H2/t19-/m1/s1. The maximum atomic E-state index is 13.0. The molecule has 2 N–H and O–H groups in total. The van der Waals surface area contributed by atoms with Gasteiger partial charge in [0.1, 0.15) is 5.75 Å². The van der Waals surface area contributed by atoms with E-state index >= 15 is 0 Å². The Bertz CT molecular complexity index is 733. The highest BCUT2D eigenvalue weighted by Gasteiger charge is 2.39. The third-order valence-electron chi connectivity index (χ3n) is 5.39. The molecule has 5 heteroatoms. The van der Waals surface area contributed by atoms with Crippen molar-refractivity contribution < 1.29 is 9.90 Å². The number of carbonyl (C=O) groups is 1. The van der Waals surface area contributed by atoms with Crippen LogP contribution in [0.2, 0.25) is 0 Å². The molecule has 0 unspecified atom stereocenters. The largest absolute Gasteiger partial charge is 0.507 e. The van der Waals surface area contributed by atoms with Gasteiger partial charge in [-0.05, 0) is 56.1 Å². The lowest BCUT2D eigenvalue weighted by Crippen LogP contribution is -2.47. The van der Waals surface area contributed by atoms with Crippen molar-refractivity contribution in [2.45, 2.75) is 19.3 Å². The van der Waals surface area contributed by atoms with Gasteiger partial charge in [-0.3, -0.25) is 4.79 Å². The van der Waals surface area contributed by atoms with Crippen molar-refractivity contribution in [2.24, 2.45) is 5.41 Å². The van der Waals surface area contributed by atoms with E-state index in [1.165, 1.54) is 6.42 Å². The Kier molecular flexibility index (Phi) is 3.81. The molecule has 0 aliphatic carbocycles. The first-order valence-corrected chi connectivity index (χ1v) is 8.63. The number of nitrogens with one attached hydrogen (secondary N) is 1. The first kappa shape index (κ1) is 15.3. The Labute approximate surface area is 141 Å². The number of carbonyl (C=O) groups excluding carboxylic acids is 1. The van der Waals surface area contributed by atoms with Gasteiger partial charge < -0.3 is 19.9 Å². The number of nitrogens with zero attached hydrogens (tertiary/aromatic N) is 2. The lowest BCUT2D eigenvalue weighted by Gasteiger charge is -2.40. The number of phenolic OH excluding ortho intramolecular Hbond substituents is 1. The van der Waals surface area contributed by atoms with Gasteiger partial charge in [-0.25, -0.2) is 0 Å². The average Bonchev–Trinajstić information content (AvgIpc) is 3.27. The molecule has 5 nitrogen and oxygen atoms in total. The molecule has 4 rings (SSSR count). The summed E-state index contributed by atoms with van der Waals surface area (Å²) in [5.74, 6) is -0.00689. The fraction of sp³-hybridized carbons (Fsp3) is 0.421. The van der Waals surface area contributed by atoms with Gasteiger partial charge >= 0.3 is 0 Å². The van der Waals surface area contributed by atoms with Crippen LogP contribution in [0.5, 0.6) is 5.75 Å². The Morgan fingerprint density at radius 1 is 1.21 bits per heavy atom. The molecule has 2 aliphatic heterocycles. The molecule has 2 aromatic rings. The molecule has 3 heterocycles. The Hall–Kier alpha value is -2.27. The van der Waals surface area contributed by atoms with Crippen molar-refractivity contribution in [3.63, 3.8) is 0 Å². The summed E-state index contributed by atoms with van der Waals surface area (Å²) in [4.78, 5) is 14.9. The monoisotopic (exact) mass is 325 g/mol. The maximum absolute atomic E-state index is 13.0. The predicted octanol–water partition coefficient (Wildman–Crippen LogP) is 2.40. The van der Waals surface area contributed by atoms with Crippen LogP contribution < -0.4 is 5.32 Å². The number of phenols is 1. The first-order chi connectivity index (χ1) is 11.7. The predicted molar refractivity (Wildman–Crippen MR) is 92.5 cm³/mol. The highest BCUT2D eigenvalue weighted by atomic mass is 16.3. The summed E-state index contributed by atoms with van der Waals surface area (Å²) in [7, 11) is 0. The SMILES string of the molecule is O=C(c1cc(-n2cccc2)ccc1O)N1CCC[C@]2(CCNC2)C1. The zero-order chi connectivity index (χ0) is 16.6. The number of rotatable bonds is 2. The zero-order valence-corrected chi connectivity index (χ0v) is 13.7. The van der Waals surface area contributed by atoms with E-state index in [2.05, 4.69) is 5.32 Å². The van der Waals surface area contributed by atoms with Crippen molar-refractivity contribution in [3.8, 4) is 11.4 Å². The van der Waals surface area contributed by atoms with Crippen molar-refractivity contribution in [1.82, 2.24) is 14.8 Å². The third kappa shape index (κ3) is 2.69. The van der Waals surface area contributed by atoms with E-state index in [-0.39, 0.29) is 17.1 Å². The second-order valence-corrected chi connectivity index (χ2v) is 7.05. The molecular weight excluding hydrogens is 302 g/mol. The van der Waals surface area contributed by atoms with Crippen molar-refractivity contribution in [3.05, 3.63) is 48.3 Å². The molecule has 1 aromatic heterocycles. The summed E-state index contributed by atoms with van der Waals surface area (Å²) in [5, 5.41) is 13.7. The number of benzene rings is 1. The van der Waals surface area contributed by atoms with E-state index in [0.29, 0.717) is 5.56 Å². The average molecular weight is 325 g/mol. The van der Waals surface area contributed by atoms with E-state index in [9.17, 15) is 9.90 Å². The second kappa shape index (κ2) is 5.98. The summed E-state index contributed by atoms with van der Waals surface area (Å²) in [6.45, 7) is 3.59. The van der Waals surface area contributed by atoms with Crippen LogP contribution in [0.25, 0.3) is 5.69 Å². The Morgan fingerprint density at radius 3 is 2.79 bits per heavy atom. The van der Waals surface area contributed by atoms with Gasteiger partial charge in [0.25, 0.3) is 5.91 Å². The highest BCUT2D eigenvalue weighted by Crippen LogP contribution is 2.36. The van der Waals surface area contributed by atoms with Crippen molar-refractivity contribution in [2.75, 3.05) is 26.2 Å². The molecule has 2 fully saturated rings. The lowest BCUT2D eigenvalue weighted by molar-refractivity contribution is 0.0550. The lowest BCUT2D eigenvalue weighted by atomic mass is 9.79. The molecule has 0 saturated carbocycles. The van der Waals surface area contributed by atoms with Gasteiger partial charge in [0.15, 0.2) is 0 Å². The van der Waals surface area contributed by atoms with E-state index in [4.69, 9.17) is 0 Å². The molecule has 126 valence electrons. The van der Waals surface area contributed by atoms with Gasteiger partial charge in [-0.15, -0.1) is 0 Å². The molecule has 2 aliphatic rings. The number of amides is 1. The smallest absolute Gasteiger partial charge is 0.257 e. The molecule has 0 bridgehead atoms. The van der Waals surface area contributed by atoms with Crippen LogP contribution in [-0.2, 0) is 0 Å². The van der Waals surface area contributed by atoms with E-state index in [1.807, 2.05) is 40.1 Å². The van der Waals surface area contributed by atoms with Gasteiger partial charge in [0, 0.05) is 43.1 Å². The fourth-order valence-electron chi connectivity index (χ4n) is 4.06. The van der Waals surface area contributed by atoms with Gasteiger partial charge in [-0.1, -0.05) is 0 Å². The van der Waals surface area contributed by atoms with Gasteiger partial charge in [0.2, 0.25) is 0 Å². The number of piperidine rings is 1. The molecule has 1 aromatic carbocycles. The Morgan fingerprint density at radius 2 is 2.04 bits per heavy atom. The third-order valence-corrected chi connectivity index (χ3v) is 5.39. The second-order valence-electron chi connectivity index (χ2n) is 7.05. The number of hydrogen-bond donors (Lipinski definition) is 2. The minimum atomic E-state index is -0.0625. The number of aromatic nitrogens is 1. The molecular formula is C19H23N3O2. The molecule has 1 spiro atoms. The van der Waals surface area contributed by atoms with Crippen LogP contribution in [-0.4, -0.2) is 46.7 Å². The summed E-state index contributed by atoms with van der Waals surface area (Å²) in [6, 6.07) is 9.10. The summed E-state index contributed by atoms with van der Waals surface area (Å²) in [5.41, 5.74) is 1.50. The number of hydrogen-bond acceptors (Lipinski definition) is 3. The quantitative estimate of drug-likeness (QED) is 0.891. The summed E-state index contributed by atoms with van der Waals surface area (Å²) in [6.07, 6.45) is 7.21. The molecule has 24 heavy (non-hydrogen) atoms. The van der Waals surface area contributed by atoms with Gasteiger partial charge in [0.05, 0.1) is 5.56 Å². The maximum Gasteiger partial charge on any atom is 0.257 e. The molecule has 1 amide bonds. The van der Waals surface area contributed by atoms with E-state index < -0.39 is 0 Å². The van der Waals surface area contributed by atoms with Crippen LogP contribution in [0.3, 0.4) is 0 Å². The van der Waals surface area contributed by atoms with Crippen molar-refractivity contribution >= 4 is 5.91 Å². The molecule has 2 saturated heterocycles. The normalized spacial score (nSPS) is 23.8. The van der Waals surface area contributed by atoms with Crippen LogP contribution in [0.4, 0.5) is 0 Å². The minimum Gasteiger partial charge on any atom is -0.507 e. The minimum absolute atomic E-state index is 0.0556. The zero-order valence-electron chi connectivity index (χ0n) is 13.7. The Balaban J connectivity index is 1.61. The van der Waals surface area contributed by atoms with E-state index in [1.54, 1.807) is 12.1 Å². The van der Waals surface area contributed by atoms with Crippen LogP contribution in [0.1, 0.15) is 29.6 Å². The van der Waals surface area contributed by atoms with Crippen LogP contribution in [0, 0.1) is 5.41 Å². The fourth-order valence-corrected chi connectivity index (χ4v) is 4.06. The first-order valence-electron chi connectivity index (χ1n) is 8.63. The van der Waals surface area contributed by atoms with Crippen molar-refractivity contribution in [1.29, 1.82) is 0 Å². The molecule has 0 radical (unpaired) electrons. The van der Waals surface area contributed by atoms with Gasteiger partial charge in [-0.2, -0.15) is 0 Å². The molecule has 1 atom stereocenters. The van der Waals surface area contributed by atoms with Crippen LogP contribution >= 0.6 is 0 Å².